The molecule has 46 heavy (non-hydrogen) atoms. The Morgan fingerprint density at radius 3 is 2.50 bits per heavy atom. The van der Waals surface area contributed by atoms with E-state index in [2.05, 4.69) is 15.9 Å². The first-order chi connectivity index (χ1) is 22.2. The molecule has 1 aliphatic rings. The van der Waals surface area contributed by atoms with Crippen LogP contribution >= 0.6 is 50.5 Å². The summed E-state index contributed by atoms with van der Waals surface area (Å²) in [6.45, 7) is 4.19. The summed E-state index contributed by atoms with van der Waals surface area (Å²) in [7, 11) is 3.11. The summed E-state index contributed by atoms with van der Waals surface area (Å²) < 4.78 is 25.4. The van der Waals surface area contributed by atoms with Crippen LogP contribution in [-0.4, -0.2) is 31.4 Å². The van der Waals surface area contributed by atoms with E-state index in [-0.39, 0.29) is 18.8 Å². The van der Waals surface area contributed by atoms with Crippen LogP contribution in [0.25, 0.3) is 6.08 Å². The number of esters is 1. The minimum Gasteiger partial charge on any atom is -0.497 e. The Kier molecular flexibility index (Phi) is 10.9. The lowest BCUT2D eigenvalue weighted by Crippen LogP contribution is -2.40. The molecule has 3 aromatic carbocycles. The minimum absolute atomic E-state index is 0.176. The van der Waals surface area contributed by atoms with Gasteiger partial charge in [-0.1, -0.05) is 60.0 Å². The highest BCUT2D eigenvalue weighted by atomic mass is 79.9. The molecule has 1 aromatic heterocycles. The monoisotopic (exact) mass is 744 g/mol. The number of aromatic nitrogens is 1. The third-order valence-electron chi connectivity index (χ3n) is 7.28. The third-order valence-corrected chi connectivity index (χ3v) is 9.47. The summed E-state index contributed by atoms with van der Waals surface area (Å²) >= 11 is 17.2. The Balaban J connectivity index is 1.60. The average Bonchev–Trinajstić information content (AvgIpc) is 3.34. The van der Waals surface area contributed by atoms with Crippen molar-refractivity contribution in [3.63, 3.8) is 0 Å². The summed E-state index contributed by atoms with van der Waals surface area (Å²) in [6, 6.07) is 15.3. The second kappa shape index (κ2) is 14.9. The van der Waals surface area contributed by atoms with Crippen molar-refractivity contribution in [1.29, 1.82) is 0 Å². The maximum Gasteiger partial charge on any atom is 0.338 e. The van der Waals surface area contributed by atoms with Crippen molar-refractivity contribution in [2.24, 2.45) is 4.99 Å². The van der Waals surface area contributed by atoms with Gasteiger partial charge >= 0.3 is 5.97 Å². The molecular formula is C34H31BrCl2N2O6S. The number of carbonyl (C=O) groups excluding carboxylic acids is 1. The summed E-state index contributed by atoms with van der Waals surface area (Å²) in [5, 5.41) is 1.07. The zero-order chi connectivity index (χ0) is 33.0. The molecule has 0 fully saturated rings. The van der Waals surface area contributed by atoms with Crippen LogP contribution in [0.4, 0.5) is 0 Å². The van der Waals surface area contributed by atoms with Crippen LogP contribution in [0.2, 0.25) is 10.0 Å². The number of fused-ring (bicyclic) bond motifs is 1. The van der Waals surface area contributed by atoms with E-state index in [9.17, 15) is 9.59 Å². The maximum atomic E-state index is 14.2. The fraction of sp³-hybridized carbons (Fsp3) is 0.265. The molecule has 0 saturated carbocycles. The van der Waals surface area contributed by atoms with Crippen molar-refractivity contribution in [2.45, 2.75) is 39.3 Å². The predicted octanol–water partition coefficient (Wildman–Crippen LogP) is 7.24. The molecule has 0 amide bonds. The zero-order valence-corrected chi connectivity index (χ0v) is 29.5. The van der Waals surface area contributed by atoms with Crippen LogP contribution < -0.4 is 29.1 Å². The number of benzene rings is 3. The number of thiazole rings is 1. The topological polar surface area (TPSA) is 88.4 Å². The van der Waals surface area contributed by atoms with Gasteiger partial charge in [-0.05, 0) is 83.4 Å². The summed E-state index contributed by atoms with van der Waals surface area (Å²) in [4.78, 5) is 33.0. The van der Waals surface area contributed by atoms with Gasteiger partial charge in [0.2, 0.25) is 0 Å². The number of hydrogen-bond donors (Lipinski definition) is 0. The van der Waals surface area contributed by atoms with Gasteiger partial charge in [-0.2, -0.15) is 0 Å². The Labute approximate surface area is 288 Å². The Morgan fingerprint density at radius 1 is 1.04 bits per heavy atom. The Hall–Kier alpha value is -3.57. The quantitative estimate of drug-likeness (QED) is 0.151. The van der Waals surface area contributed by atoms with Gasteiger partial charge in [-0.15, -0.1) is 0 Å². The van der Waals surface area contributed by atoms with Gasteiger partial charge in [-0.3, -0.25) is 9.36 Å². The molecule has 2 heterocycles. The van der Waals surface area contributed by atoms with Gasteiger partial charge in [0.25, 0.3) is 5.56 Å². The highest BCUT2D eigenvalue weighted by Gasteiger charge is 2.36. The van der Waals surface area contributed by atoms with Crippen molar-refractivity contribution < 1.29 is 23.7 Å². The number of carbonyl (C=O) groups is 1. The molecule has 0 radical (unpaired) electrons. The van der Waals surface area contributed by atoms with E-state index in [1.54, 1.807) is 62.1 Å². The largest absolute Gasteiger partial charge is 0.497 e. The van der Waals surface area contributed by atoms with Crippen molar-refractivity contribution in [3.05, 3.63) is 117 Å². The molecule has 1 atom stereocenters. The van der Waals surface area contributed by atoms with Crippen LogP contribution in [-0.2, 0) is 16.1 Å². The fourth-order valence-electron chi connectivity index (χ4n) is 5.14. The molecule has 0 saturated heterocycles. The number of hydrogen-bond acceptors (Lipinski definition) is 8. The number of methoxy groups -OCH3 is 2. The van der Waals surface area contributed by atoms with E-state index in [0.717, 1.165) is 17.5 Å². The molecule has 5 rings (SSSR count). The van der Waals surface area contributed by atoms with Gasteiger partial charge in [0, 0.05) is 21.2 Å². The van der Waals surface area contributed by atoms with Crippen molar-refractivity contribution in [2.75, 3.05) is 20.8 Å². The number of nitrogens with zero attached hydrogens (tertiary/aromatic N) is 2. The summed E-state index contributed by atoms with van der Waals surface area (Å²) in [6.07, 6.45) is 3.06. The van der Waals surface area contributed by atoms with E-state index >= 15 is 0 Å². The standard InChI is InChI=1S/C34H31BrCl2N2O6S/c1-5-7-26-30(33(41)44-6-2)31(23-17-22(42-3)11-13-27(23)43-4)39-32(40)29(46-34(39)38-26)15-19-8-12-28(24(35)14-19)45-18-20-9-10-21(36)16-25(20)37/h8-17,31H,5-7,18H2,1-4H3/b29-15-/t31-/m0/s1. The van der Waals surface area contributed by atoms with E-state index in [1.807, 2.05) is 31.2 Å². The van der Waals surface area contributed by atoms with Crippen molar-refractivity contribution in [1.82, 2.24) is 4.57 Å². The van der Waals surface area contributed by atoms with Crippen LogP contribution in [0.3, 0.4) is 0 Å². The van der Waals surface area contributed by atoms with Crippen LogP contribution in [0.1, 0.15) is 49.4 Å². The van der Waals surface area contributed by atoms with Crippen LogP contribution in [0.5, 0.6) is 17.2 Å². The van der Waals surface area contributed by atoms with E-state index in [4.69, 9.17) is 47.1 Å². The highest BCUT2D eigenvalue weighted by molar-refractivity contribution is 9.10. The molecule has 240 valence electrons. The molecule has 0 bridgehead atoms. The van der Waals surface area contributed by atoms with Gasteiger partial charge in [0.15, 0.2) is 4.80 Å². The SMILES string of the molecule is CCCC1=C(C(=O)OCC)[C@H](c2cc(OC)ccc2OC)n2c(s/c(=C\c3ccc(OCc4ccc(Cl)cc4Cl)c(Br)c3)c2=O)=N1. The molecule has 12 heteroatoms. The average molecular weight is 747 g/mol. The zero-order valence-electron chi connectivity index (χ0n) is 25.6. The van der Waals surface area contributed by atoms with Gasteiger partial charge in [-0.25, -0.2) is 9.79 Å². The molecule has 0 N–H and O–H groups in total. The molecule has 0 spiro atoms. The first kappa shape index (κ1) is 33.8. The lowest BCUT2D eigenvalue weighted by molar-refractivity contribution is -0.139. The first-order valence-corrected chi connectivity index (χ1v) is 16.9. The highest BCUT2D eigenvalue weighted by Crippen LogP contribution is 2.39. The molecular weight excluding hydrogens is 715 g/mol. The lowest BCUT2D eigenvalue weighted by atomic mass is 9.93. The molecule has 8 nitrogen and oxygen atoms in total. The second-order valence-corrected chi connectivity index (χ2v) is 12.9. The lowest BCUT2D eigenvalue weighted by Gasteiger charge is -2.27. The fourth-order valence-corrected chi connectivity index (χ4v) is 7.13. The molecule has 1 aliphatic heterocycles. The second-order valence-electron chi connectivity index (χ2n) is 10.2. The summed E-state index contributed by atoms with van der Waals surface area (Å²) in [5.74, 6) is 1.14. The normalized spacial score (nSPS) is 14.5. The third kappa shape index (κ3) is 7.05. The van der Waals surface area contributed by atoms with Gasteiger partial charge in [0.1, 0.15) is 29.9 Å². The first-order valence-electron chi connectivity index (χ1n) is 14.5. The number of rotatable bonds is 11. The smallest absolute Gasteiger partial charge is 0.338 e. The van der Waals surface area contributed by atoms with E-state index < -0.39 is 12.0 Å². The van der Waals surface area contributed by atoms with Gasteiger partial charge in [0.05, 0.1) is 41.1 Å². The van der Waals surface area contributed by atoms with E-state index in [0.29, 0.717) is 64.4 Å². The van der Waals surface area contributed by atoms with Crippen molar-refractivity contribution >= 4 is 62.5 Å². The number of ether oxygens (including phenoxy) is 4. The Bertz CT molecular complexity index is 2010. The molecule has 0 aliphatic carbocycles. The molecule has 0 unspecified atom stereocenters. The van der Waals surface area contributed by atoms with Gasteiger partial charge < -0.3 is 18.9 Å². The summed E-state index contributed by atoms with van der Waals surface area (Å²) in [5.41, 5.74) is 2.74. The van der Waals surface area contributed by atoms with E-state index in [1.165, 1.54) is 11.3 Å². The number of allylic oxidation sites excluding steroid dienone is 1. The Morgan fingerprint density at radius 2 is 1.83 bits per heavy atom. The van der Waals surface area contributed by atoms with Crippen LogP contribution in [0.15, 0.2) is 80.1 Å². The molecule has 4 aromatic rings. The predicted molar refractivity (Wildman–Crippen MR) is 184 cm³/mol. The number of halogens is 3. The minimum atomic E-state index is -0.841. The van der Waals surface area contributed by atoms with Crippen LogP contribution in [0, 0.1) is 0 Å². The van der Waals surface area contributed by atoms with Crippen molar-refractivity contribution in [3.8, 4) is 17.2 Å². The maximum absolute atomic E-state index is 14.2.